The van der Waals surface area contributed by atoms with Gasteiger partial charge in [0.15, 0.2) is 0 Å². The standard InChI is InChI=1S/C9H11N3/c1-4-10-8(3)7(2)9-5-6-11-12-9/h4-6H,1-2H2,3H3,(H,11,12). The lowest BCUT2D eigenvalue weighted by Crippen LogP contribution is -1.94. The van der Waals surface area contributed by atoms with E-state index in [1.54, 1.807) is 6.20 Å². The van der Waals surface area contributed by atoms with Crippen LogP contribution in [0.4, 0.5) is 0 Å². The van der Waals surface area contributed by atoms with Gasteiger partial charge >= 0.3 is 0 Å². The topological polar surface area (TPSA) is 41.0 Å². The first-order valence-electron chi connectivity index (χ1n) is 3.60. The fraction of sp³-hybridized carbons (Fsp3) is 0.111. The van der Waals surface area contributed by atoms with Crippen LogP contribution in [0.3, 0.4) is 0 Å². The number of nitrogens with zero attached hydrogens (tertiary/aromatic N) is 2. The fourth-order valence-electron chi connectivity index (χ4n) is 0.834. The van der Waals surface area contributed by atoms with E-state index in [4.69, 9.17) is 0 Å². The average molecular weight is 161 g/mol. The molecule has 3 nitrogen and oxygen atoms in total. The second kappa shape index (κ2) is 3.67. The van der Waals surface area contributed by atoms with Crippen LogP contribution in [-0.2, 0) is 0 Å². The Balaban J connectivity index is 2.86. The Kier molecular flexibility index (Phi) is 2.58. The number of aromatic nitrogens is 2. The van der Waals surface area contributed by atoms with Crippen LogP contribution in [0, 0.1) is 0 Å². The van der Waals surface area contributed by atoms with Gasteiger partial charge in [-0.2, -0.15) is 5.10 Å². The number of hydrogen-bond acceptors (Lipinski definition) is 2. The molecule has 0 saturated carbocycles. The Bertz CT molecular complexity index is 307. The summed E-state index contributed by atoms with van der Waals surface area (Å²) in [6.45, 7) is 9.26. The Morgan fingerprint density at radius 2 is 2.50 bits per heavy atom. The molecule has 1 rings (SSSR count). The van der Waals surface area contributed by atoms with E-state index in [0.29, 0.717) is 0 Å². The minimum Gasteiger partial charge on any atom is -0.278 e. The third-order valence-electron chi connectivity index (χ3n) is 1.55. The maximum absolute atomic E-state index is 4.01. The number of H-pyrrole nitrogens is 1. The van der Waals surface area contributed by atoms with Gasteiger partial charge in [0, 0.05) is 23.7 Å². The average Bonchev–Trinajstić information content (AvgIpc) is 2.55. The van der Waals surface area contributed by atoms with E-state index in [2.05, 4.69) is 28.3 Å². The maximum Gasteiger partial charge on any atom is 0.0662 e. The molecule has 0 aliphatic rings. The van der Waals surface area contributed by atoms with Crippen molar-refractivity contribution in [3.8, 4) is 0 Å². The Labute approximate surface area is 71.5 Å². The van der Waals surface area contributed by atoms with Crippen molar-refractivity contribution in [2.24, 2.45) is 4.99 Å². The molecule has 0 atom stereocenters. The first-order chi connectivity index (χ1) is 5.75. The van der Waals surface area contributed by atoms with Crippen LogP contribution in [0.1, 0.15) is 12.6 Å². The zero-order valence-electron chi connectivity index (χ0n) is 7.04. The molecule has 62 valence electrons. The van der Waals surface area contributed by atoms with Crippen LogP contribution in [0.5, 0.6) is 0 Å². The zero-order valence-corrected chi connectivity index (χ0v) is 7.04. The lowest BCUT2D eigenvalue weighted by atomic mass is 10.1. The van der Waals surface area contributed by atoms with Crippen molar-refractivity contribution in [2.45, 2.75) is 6.92 Å². The highest BCUT2D eigenvalue weighted by molar-refractivity contribution is 6.21. The number of hydrogen-bond donors (Lipinski definition) is 1. The number of allylic oxidation sites excluding steroid dienone is 1. The monoisotopic (exact) mass is 161 g/mol. The normalized spacial score (nSPS) is 11.2. The van der Waals surface area contributed by atoms with Gasteiger partial charge in [0.1, 0.15) is 0 Å². The zero-order chi connectivity index (χ0) is 8.97. The van der Waals surface area contributed by atoms with Gasteiger partial charge in [-0.05, 0) is 13.0 Å². The first-order valence-corrected chi connectivity index (χ1v) is 3.60. The van der Waals surface area contributed by atoms with E-state index >= 15 is 0 Å². The van der Waals surface area contributed by atoms with Crippen LogP contribution in [-0.4, -0.2) is 15.9 Å². The molecule has 0 bridgehead atoms. The van der Waals surface area contributed by atoms with Crippen molar-refractivity contribution in [2.75, 3.05) is 0 Å². The molecule has 3 heteroatoms. The maximum atomic E-state index is 4.01. The molecule has 0 saturated heterocycles. The largest absolute Gasteiger partial charge is 0.278 e. The summed E-state index contributed by atoms with van der Waals surface area (Å²) >= 11 is 0. The van der Waals surface area contributed by atoms with Crippen molar-refractivity contribution in [3.63, 3.8) is 0 Å². The van der Waals surface area contributed by atoms with Gasteiger partial charge in [0.25, 0.3) is 0 Å². The van der Waals surface area contributed by atoms with Gasteiger partial charge < -0.3 is 0 Å². The van der Waals surface area contributed by atoms with Gasteiger partial charge in [-0.15, -0.1) is 0 Å². The smallest absolute Gasteiger partial charge is 0.0662 e. The SMILES string of the molecule is C=CN=C(C)C(=C)c1ccn[nH]1. The molecule has 0 aliphatic heterocycles. The third kappa shape index (κ3) is 1.69. The van der Waals surface area contributed by atoms with Crippen molar-refractivity contribution in [3.05, 3.63) is 37.3 Å². The lowest BCUT2D eigenvalue weighted by Gasteiger charge is -1.99. The molecule has 1 aromatic rings. The highest BCUT2D eigenvalue weighted by atomic mass is 15.1. The van der Waals surface area contributed by atoms with Crippen molar-refractivity contribution >= 4 is 11.3 Å². The summed E-state index contributed by atoms with van der Waals surface area (Å²) in [5, 5.41) is 6.63. The first kappa shape index (κ1) is 8.46. The van der Waals surface area contributed by atoms with Crippen LogP contribution in [0.2, 0.25) is 0 Å². The number of nitrogens with one attached hydrogen (secondary N) is 1. The highest BCUT2D eigenvalue weighted by Crippen LogP contribution is 2.09. The van der Waals surface area contributed by atoms with Crippen molar-refractivity contribution in [1.29, 1.82) is 0 Å². The number of aliphatic imine (C=N–C) groups is 1. The summed E-state index contributed by atoms with van der Waals surface area (Å²) in [4.78, 5) is 4.01. The molecule has 0 spiro atoms. The molecule has 0 radical (unpaired) electrons. The summed E-state index contributed by atoms with van der Waals surface area (Å²) in [6, 6.07) is 1.85. The number of aromatic amines is 1. The Hall–Kier alpha value is -1.64. The second-order valence-corrected chi connectivity index (χ2v) is 2.35. The van der Waals surface area contributed by atoms with E-state index in [-0.39, 0.29) is 0 Å². The van der Waals surface area contributed by atoms with Gasteiger partial charge in [0.2, 0.25) is 0 Å². The van der Waals surface area contributed by atoms with E-state index in [9.17, 15) is 0 Å². The van der Waals surface area contributed by atoms with Crippen molar-refractivity contribution in [1.82, 2.24) is 10.2 Å². The van der Waals surface area contributed by atoms with E-state index in [0.717, 1.165) is 17.0 Å². The van der Waals surface area contributed by atoms with E-state index in [1.165, 1.54) is 6.20 Å². The summed E-state index contributed by atoms with van der Waals surface area (Å²) in [6.07, 6.45) is 3.18. The minimum atomic E-state index is 0.840. The molecule has 1 N–H and O–H groups in total. The molecule has 0 aromatic carbocycles. The quantitative estimate of drug-likeness (QED) is 0.677. The molecule has 0 amide bonds. The summed E-state index contributed by atoms with van der Waals surface area (Å²) < 4.78 is 0. The predicted octanol–water partition coefficient (Wildman–Crippen LogP) is 2.03. The van der Waals surface area contributed by atoms with Gasteiger partial charge in [-0.25, -0.2) is 0 Å². The van der Waals surface area contributed by atoms with Crippen LogP contribution >= 0.6 is 0 Å². The third-order valence-corrected chi connectivity index (χ3v) is 1.55. The molecule has 0 fully saturated rings. The van der Waals surface area contributed by atoms with Crippen LogP contribution in [0.15, 0.2) is 36.6 Å². The van der Waals surface area contributed by atoms with Crippen LogP contribution < -0.4 is 0 Å². The summed E-state index contributed by atoms with van der Waals surface area (Å²) in [5.41, 5.74) is 2.57. The van der Waals surface area contributed by atoms with Crippen LogP contribution in [0.25, 0.3) is 5.57 Å². The van der Waals surface area contributed by atoms with Crippen molar-refractivity contribution < 1.29 is 0 Å². The molecule has 0 unspecified atom stereocenters. The molecule has 1 heterocycles. The van der Waals surface area contributed by atoms with Gasteiger partial charge in [-0.1, -0.05) is 13.2 Å². The summed E-state index contributed by atoms with van der Waals surface area (Å²) in [5.74, 6) is 0. The molecular weight excluding hydrogens is 150 g/mol. The molecular formula is C9H11N3. The molecule has 1 aromatic heterocycles. The van der Waals surface area contributed by atoms with E-state index < -0.39 is 0 Å². The van der Waals surface area contributed by atoms with Gasteiger partial charge in [-0.3, -0.25) is 10.1 Å². The summed E-state index contributed by atoms with van der Waals surface area (Å²) in [7, 11) is 0. The predicted molar refractivity (Wildman–Crippen MR) is 50.9 cm³/mol. The van der Waals surface area contributed by atoms with E-state index in [1.807, 2.05) is 13.0 Å². The lowest BCUT2D eigenvalue weighted by molar-refractivity contribution is 1.08. The Morgan fingerprint density at radius 1 is 1.75 bits per heavy atom. The minimum absolute atomic E-state index is 0.840. The molecule has 12 heavy (non-hydrogen) atoms. The second-order valence-electron chi connectivity index (χ2n) is 2.35. The fourth-order valence-corrected chi connectivity index (χ4v) is 0.834. The number of rotatable bonds is 3. The Morgan fingerprint density at radius 3 is 3.00 bits per heavy atom. The highest BCUT2D eigenvalue weighted by Gasteiger charge is 2.01. The van der Waals surface area contributed by atoms with Gasteiger partial charge in [0.05, 0.1) is 5.69 Å². The molecule has 0 aliphatic carbocycles.